The van der Waals surface area contributed by atoms with Gasteiger partial charge in [0.1, 0.15) is 5.69 Å². The van der Waals surface area contributed by atoms with Crippen LogP contribution in [0.25, 0.3) is 0 Å². The third kappa shape index (κ3) is 4.15. The van der Waals surface area contributed by atoms with E-state index in [1.54, 1.807) is 6.07 Å². The highest BCUT2D eigenvalue weighted by molar-refractivity contribution is 6.04. The lowest BCUT2D eigenvalue weighted by Gasteiger charge is -2.09. The number of aryl methyl sites for hydroxylation is 1. The van der Waals surface area contributed by atoms with Gasteiger partial charge in [-0.05, 0) is 45.0 Å². The zero-order valence-electron chi connectivity index (χ0n) is 12.9. The molecule has 2 N–H and O–H groups in total. The number of pyridine rings is 1. The maximum absolute atomic E-state index is 12.2. The van der Waals surface area contributed by atoms with E-state index in [1.807, 2.05) is 45.0 Å². The van der Waals surface area contributed by atoms with Crippen molar-refractivity contribution in [3.8, 4) is 0 Å². The molecular formula is C17H19N3O2. The second-order valence-corrected chi connectivity index (χ2v) is 5.38. The van der Waals surface area contributed by atoms with E-state index in [1.165, 1.54) is 12.3 Å². The van der Waals surface area contributed by atoms with E-state index < -0.39 is 0 Å². The Kier molecular flexibility index (Phi) is 4.88. The monoisotopic (exact) mass is 297 g/mol. The number of aromatic nitrogens is 1. The molecule has 0 aliphatic carbocycles. The molecule has 0 aliphatic rings. The first kappa shape index (κ1) is 15.7. The summed E-state index contributed by atoms with van der Waals surface area (Å²) < 4.78 is 0. The number of benzene rings is 1. The van der Waals surface area contributed by atoms with Crippen LogP contribution >= 0.6 is 0 Å². The predicted octanol–water partition coefficient (Wildman–Crippen LogP) is 2.78. The molecule has 1 heterocycles. The molecule has 0 radical (unpaired) electrons. The molecule has 0 bridgehead atoms. The van der Waals surface area contributed by atoms with E-state index in [-0.39, 0.29) is 23.6 Å². The highest BCUT2D eigenvalue weighted by atomic mass is 16.2. The molecule has 114 valence electrons. The summed E-state index contributed by atoms with van der Waals surface area (Å²) in [5.41, 5.74) is 2.42. The Bertz CT molecular complexity index is 679. The van der Waals surface area contributed by atoms with E-state index in [0.717, 1.165) is 5.56 Å². The number of carbonyl (C=O) groups is 2. The first-order valence-corrected chi connectivity index (χ1v) is 7.10. The quantitative estimate of drug-likeness (QED) is 0.911. The van der Waals surface area contributed by atoms with Crippen molar-refractivity contribution in [3.63, 3.8) is 0 Å². The molecule has 2 aromatic rings. The van der Waals surface area contributed by atoms with E-state index in [9.17, 15) is 9.59 Å². The maximum Gasteiger partial charge on any atom is 0.274 e. The normalized spacial score (nSPS) is 10.4. The maximum atomic E-state index is 12.2. The van der Waals surface area contributed by atoms with Gasteiger partial charge in [0.15, 0.2) is 0 Å². The highest BCUT2D eigenvalue weighted by Gasteiger charge is 2.12. The van der Waals surface area contributed by atoms with Crippen molar-refractivity contribution in [2.75, 3.05) is 5.32 Å². The van der Waals surface area contributed by atoms with Crippen LogP contribution in [-0.2, 0) is 0 Å². The van der Waals surface area contributed by atoms with Gasteiger partial charge in [0, 0.05) is 23.5 Å². The number of rotatable bonds is 4. The smallest absolute Gasteiger partial charge is 0.274 e. The average molecular weight is 297 g/mol. The van der Waals surface area contributed by atoms with Gasteiger partial charge in [0.2, 0.25) is 0 Å². The summed E-state index contributed by atoms with van der Waals surface area (Å²) >= 11 is 0. The minimum absolute atomic E-state index is 0.0329. The number of hydrogen-bond donors (Lipinski definition) is 2. The van der Waals surface area contributed by atoms with Crippen molar-refractivity contribution in [1.29, 1.82) is 0 Å². The molecule has 0 saturated heterocycles. The molecule has 0 unspecified atom stereocenters. The number of anilines is 1. The molecular weight excluding hydrogens is 278 g/mol. The van der Waals surface area contributed by atoms with Crippen LogP contribution in [0.3, 0.4) is 0 Å². The molecule has 22 heavy (non-hydrogen) atoms. The Hall–Kier alpha value is -2.69. The molecule has 1 aromatic heterocycles. The van der Waals surface area contributed by atoms with Crippen molar-refractivity contribution in [2.45, 2.75) is 26.8 Å². The lowest BCUT2D eigenvalue weighted by atomic mass is 10.2. The Balaban J connectivity index is 2.13. The predicted molar refractivity (Wildman–Crippen MR) is 86.0 cm³/mol. The summed E-state index contributed by atoms with van der Waals surface area (Å²) in [5.74, 6) is -0.565. The number of nitrogens with one attached hydrogen (secondary N) is 2. The van der Waals surface area contributed by atoms with Gasteiger partial charge in [0.05, 0.1) is 0 Å². The second kappa shape index (κ2) is 6.85. The standard InChI is InChI=1S/C17H19N3O2/c1-11(2)19-16(21)13-8-9-18-15(10-13)17(22)20-14-6-4-12(3)5-7-14/h4-11H,1-3H3,(H,19,21)(H,20,22). The molecule has 5 heteroatoms. The first-order valence-electron chi connectivity index (χ1n) is 7.10. The molecule has 2 amide bonds. The summed E-state index contributed by atoms with van der Waals surface area (Å²) in [6, 6.07) is 10.6. The fourth-order valence-corrected chi connectivity index (χ4v) is 1.87. The third-order valence-electron chi connectivity index (χ3n) is 2.98. The van der Waals surface area contributed by atoms with Crippen molar-refractivity contribution in [3.05, 3.63) is 59.4 Å². The summed E-state index contributed by atoms with van der Waals surface area (Å²) in [6.45, 7) is 5.73. The minimum Gasteiger partial charge on any atom is -0.350 e. The highest BCUT2D eigenvalue weighted by Crippen LogP contribution is 2.11. The lowest BCUT2D eigenvalue weighted by Crippen LogP contribution is -2.30. The van der Waals surface area contributed by atoms with Gasteiger partial charge >= 0.3 is 0 Å². The molecule has 0 fully saturated rings. The van der Waals surface area contributed by atoms with Crippen molar-refractivity contribution in [2.24, 2.45) is 0 Å². The van der Waals surface area contributed by atoms with E-state index in [4.69, 9.17) is 0 Å². The molecule has 0 atom stereocenters. The van der Waals surface area contributed by atoms with Gasteiger partial charge in [0.25, 0.3) is 11.8 Å². The molecule has 2 rings (SSSR count). The van der Waals surface area contributed by atoms with Crippen LogP contribution in [0.4, 0.5) is 5.69 Å². The zero-order valence-corrected chi connectivity index (χ0v) is 12.9. The summed E-state index contributed by atoms with van der Waals surface area (Å²) in [4.78, 5) is 28.2. The van der Waals surface area contributed by atoms with Crippen LogP contribution in [0.1, 0.15) is 40.3 Å². The molecule has 0 spiro atoms. The topological polar surface area (TPSA) is 71.1 Å². The van der Waals surface area contributed by atoms with Gasteiger partial charge in [-0.25, -0.2) is 0 Å². The zero-order chi connectivity index (χ0) is 16.1. The van der Waals surface area contributed by atoms with Crippen LogP contribution in [0.2, 0.25) is 0 Å². The number of amides is 2. The summed E-state index contributed by atoms with van der Waals surface area (Å²) in [6.07, 6.45) is 1.46. The Morgan fingerprint density at radius 3 is 2.36 bits per heavy atom. The Morgan fingerprint density at radius 2 is 1.73 bits per heavy atom. The van der Waals surface area contributed by atoms with Crippen molar-refractivity contribution >= 4 is 17.5 Å². The van der Waals surface area contributed by atoms with Gasteiger partial charge in [-0.1, -0.05) is 17.7 Å². The van der Waals surface area contributed by atoms with Gasteiger partial charge < -0.3 is 10.6 Å². The summed E-state index contributed by atoms with van der Waals surface area (Å²) in [7, 11) is 0. The Labute approximate surface area is 129 Å². The van der Waals surface area contributed by atoms with Crippen molar-refractivity contribution < 1.29 is 9.59 Å². The molecule has 5 nitrogen and oxygen atoms in total. The van der Waals surface area contributed by atoms with Gasteiger partial charge in [-0.3, -0.25) is 14.6 Å². The largest absolute Gasteiger partial charge is 0.350 e. The minimum atomic E-state index is -0.344. The van der Waals surface area contributed by atoms with Crippen LogP contribution in [-0.4, -0.2) is 22.8 Å². The third-order valence-corrected chi connectivity index (χ3v) is 2.98. The van der Waals surface area contributed by atoms with Gasteiger partial charge in [-0.2, -0.15) is 0 Å². The fourth-order valence-electron chi connectivity index (χ4n) is 1.87. The number of hydrogen-bond acceptors (Lipinski definition) is 3. The van der Waals surface area contributed by atoms with Crippen LogP contribution in [0.15, 0.2) is 42.6 Å². The lowest BCUT2D eigenvalue weighted by molar-refractivity contribution is 0.0943. The number of carbonyl (C=O) groups excluding carboxylic acids is 2. The van der Waals surface area contributed by atoms with Gasteiger partial charge in [-0.15, -0.1) is 0 Å². The summed E-state index contributed by atoms with van der Waals surface area (Å²) in [5, 5.41) is 5.54. The second-order valence-electron chi connectivity index (χ2n) is 5.38. The molecule has 1 aromatic carbocycles. The number of nitrogens with zero attached hydrogens (tertiary/aromatic N) is 1. The van der Waals surface area contributed by atoms with Crippen molar-refractivity contribution in [1.82, 2.24) is 10.3 Å². The van der Waals surface area contributed by atoms with Crippen LogP contribution in [0, 0.1) is 6.92 Å². The van der Waals surface area contributed by atoms with Crippen LogP contribution in [0.5, 0.6) is 0 Å². The average Bonchev–Trinajstić information content (AvgIpc) is 2.49. The SMILES string of the molecule is Cc1ccc(NC(=O)c2cc(C(=O)NC(C)C)ccn2)cc1. The van der Waals surface area contributed by atoms with E-state index >= 15 is 0 Å². The fraction of sp³-hybridized carbons (Fsp3) is 0.235. The Morgan fingerprint density at radius 1 is 1.05 bits per heavy atom. The van der Waals surface area contributed by atoms with E-state index in [2.05, 4.69) is 15.6 Å². The van der Waals surface area contributed by atoms with Crippen LogP contribution < -0.4 is 10.6 Å². The van der Waals surface area contributed by atoms with E-state index in [0.29, 0.717) is 11.3 Å². The first-order chi connectivity index (χ1) is 10.5. The molecule has 0 aliphatic heterocycles. The molecule has 0 saturated carbocycles.